The van der Waals surface area contributed by atoms with Crippen LogP contribution < -0.4 is 15.4 Å². The molecule has 1 atom stereocenters. The van der Waals surface area contributed by atoms with Crippen molar-refractivity contribution in [3.8, 4) is 5.75 Å². The van der Waals surface area contributed by atoms with Crippen molar-refractivity contribution in [2.45, 2.75) is 45.6 Å². The van der Waals surface area contributed by atoms with Crippen molar-refractivity contribution in [1.29, 1.82) is 0 Å². The van der Waals surface area contributed by atoms with Crippen LogP contribution in [0, 0.1) is 5.92 Å². The Morgan fingerprint density at radius 2 is 1.81 bits per heavy atom. The Balaban J connectivity index is 1.50. The first-order valence-corrected chi connectivity index (χ1v) is 11.6. The predicted octanol–water partition coefficient (Wildman–Crippen LogP) is 2.96. The average Bonchev–Trinajstić information content (AvgIpc) is 3.30. The SMILES string of the molecule is CC[C@@H](C)NC(=O)CC1CCN(C(=O)c2nnc(C(=O)Nc3ccc(OC)cc3)s2)CC1. The van der Waals surface area contributed by atoms with E-state index in [1.54, 1.807) is 36.3 Å². The number of amides is 3. The number of benzene rings is 1. The summed E-state index contributed by atoms with van der Waals surface area (Å²) >= 11 is 0.976. The lowest BCUT2D eigenvalue weighted by molar-refractivity contribution is -0.122. The number of likely N-dealkylation sites (tertiary alicyclic amines) is 1. The normalized spacial score (nSPS) is 15.2. The molecule has 0 bridgehead atoms. The molecule has 1 aliphatic heterocycles. The minimum atomic E-state index is -0.419. The fourth-order valence-electron chi connectivity index (χ4n) is 3.43. The molecule has 0 unspecified atom stereocenters. The summed E-state index contributed by atoms with van der Waals surface area (Å²) in [6.45, 7) is 5.16. The molecule has 1 fully saturated rings. The van der Waals surface area contributed by atoms with Crippen LogP contribution in [0.25, 0.3) is 0 Å². The second kappa shape index (κ2) is 11.0. The lowest BCUT2D eigenvalue weighted by Crippen LogP contribution is -2.40. The van der Waals surface area contributed by atoms with Gasteiger partial charge in [0.2, 0.25) is 15.9 Å². The third kappa shape index (κ3) is 6.25. The number of methoxy groups -OCH3 is 1. The number of ether oxygens (including phenoxy) is 1. The van der Waals surface area contributed by atoms with E-state index in [1.165, 1.54) is 0 Å². The quantitative estimate of drug-likeness (QED) is 0.627. The van der Waals surface area contributed by atoms with Crippen LogP contribution in [0.15, 0.2) is 24.3 Å². The number of aromatic nitrogens is 2. The van der Waals surface area contributed by atoms with E-state index < -0.39 is 5.91 Å². The standard InChI is InChI=1S/C22H29N5O4S/c1-4-14(2)23-18(28)13-15-9-11-27(12-10-15)22(30)21-26-25-20(32-21)19(29)24-16-5-7-17(31-3)8-6-16/h5-8,14-15H,4,9-13H2,1-3H3,(H,23,28)(H,24,29)/t14-/m1/s1. The van der Waals surface area contributed by atoms with Gasteiger partial charge in [0, 0.05) is 31.2 Å². The number of rotatable bonds is 8. The molecule has 1 aliphatic rings. The number of nitrogens with one attached hydrogen (secondary N) is 2. The van der Waals surface area contributed by atoms with Crippen LogP contribution in [0.1, 0.15) is 59.1 Å². The maximum atomic E-state index is 12.8. The van der Waals surface area contributed by atoms with E-state index in [0.29, 0.717) is 30.9 Å². The highest BCUT2D eigenvalue weighted by Gasteiger charge is 2.28. The highest BCUT2D eigenvalue weighted by molar-refractivity contribution is 7.15. The highest BCUT2D eigenvalue weighted by Crippen LogP contribution is 2.23. The van der Waals surface area contributed by atoms with Crippen molar-refractivity contribution < 1.29 is 19.1 Å². The fraction of sp³-hybridized carbons (Fsp3) is 0.500. The van der Waals surface area contributed by atoms with Crippen LogP contribution in [0.4, 0.5) is 5.69 Å². The van der Waals surface area contributed by atoms with Crippen molar-refractivity contribution >= 4 is 34.7 Å². The van der Waals surface area contributed by atoms with Crippen molar-refractivity contribution in [1.82, 2.24) is 20.4 Å². The van der Waals surface area contributed by atoms with Gasteiger partial charge in [0.15, 0.2) is 0 Å². The average molecular weight is 460 g/mol. The summed E-state index contributed by atoms with van der Waals surface area (Å²) in [5, 5.41) is 13.9. The van der Waals surface area contributed by atoms with Gasteiger partial charge in [0.25, 0.3) is 11.8 Å². The number of piperidine rings is 1. The zero-order valence-electron chi connectivity index (χ0n) is 18.6. The first kappa shape index (κ1) is 23.6. The second-order valence-electron chi connectivity index (χ2n) is 7.91. The van der Waals surface area contributed by atoms with Crippen LogP contribution in [0.3, 0.4) is 0 Å². The van der Waals surface area contributed by atoms with Gasteiger partial charge in [-0.1, -0.05) is 18.3 Å². The minimum absolute atomic E-state index is 0.0702. The molecule has 1 aromatic carbocycles. The molecule has 2 aromatic rings. The van der Waals surface area contributed by atoms with E-state index in [9.17, 15) is 14.4 Å². The van der Waals surface area contributed by atoms with E-state index >= 15 is 0 Å². The van der Waals surface area contributed by atoms with E-state index in [0.717, 1.165) is 30.6 Å². The third-order valence-electron chi connectivity index (χ3n) is 5.55. The molecule has 10 heteroatoms. The van der Waals surface area contributed by atoms with Crippen molar-refractivity contribution in [2.24, 2.45) is 5.92 Å². The van der Waals surface area contributed by atoms with Crippen molar-refractivity contribution in [2.75, 3.05) is 25.5 Å². The van der Waals surface area contributed by atoms with E-state index in [2.05, 4.69) is 20.8 Å². The van der Waals surface area contributed by atoms with Crippen LogP contribution in [0.5, 0.6) is 5.75 Å². The summed E-state index contributed by atoms with van der Waals surface area (Å²) in [6, 6.07) is 7.09. The van der Waals surface area contributed by atoms with Gasteiger partial charge in [0.05, 0.1) is 7.11 Å². The van der Waals surface area contributed by atoms with Crippen LogP contribution in [0.2, 0.25) is 0 Å². The smallest absolute Gasteiger partial charge is 0.286 e. The van der Waals surface area contributed by atoms with Gasteiger partial charge < -0.3 is 20.3 Å². The topological polar surface area (TPSA) is 114 Å². The maximum Gasteiger partial charge on any atom is 0.286 e. The van der Waals surface area contributed by atoms with Gasteiger partial charge >= 0.3 is 0 Å². The summed E-state index contributed by atoms with van der Waals surface area (Å²) in [6.07, 6.45) is 2.92. The number of anilines is 1. The molecule has 9 nitrogen and oxygen atoms in total. The largest absolute Gasteiger partial charge is 0.497 e. The molecule has 0 saturated carbocycles. The Hall–Kier alpha value is -3.01. The summed E-state index contributed by atoms with van der Waals surface area (Å²) in [5.41, 5.74) is 0.596. The number of hydrogen-bond acceptors (Lipinski definition) is 7. The summed E-state index contributed by atoms with van der Waals surface area (Å²) < 4.78 is 5.10. The first-order valence-electron chi connectivity index (χ1n) is 10.8. The number of carbonyl (C=O) groups excluding carboxylic acids is 3. The van der Waals surface area contributed by atoms with Crippen molar-refractivity contribution in [3.05, 3.63) is 34.3 Å². The molecule has 2 N–H and O–H groups in total. The summed E-state index contributed by atoms with van der Waals surface area (Å²) in [7, 11) is 1.57. The summed E-state index contributed by atoms with van der Waals surface area (Å²) in [4.78, 5) is 39.0. The molecule has 1 saturated heterocycles. The molecule has 0 radical (unpaired) electrons. The molecular formula is C22H29N5O4S. The first-order chi connectivity index (χ1) is 15.4. The molecule has 3 amide bonds. The Kier molecular flexibility index (Phi) is 8.15. The van der Waals surface area contributed by atoms with Gasteiger partial charge in [-0.05, 0) is 56.4 Å². The fourth-order valence-corrected chi connectivity index (χ4v) is 4.14. The van der Waals surface area contributed by atoms with Gasteiger partial charge in [-0.15, -0.1) is 10.2 Å². The van der Waals surface area contributed by atoms with Crippen LogP contribution in [-0.2, 0) is 4.79 Å². The molecule has 32 heavy (non-hydrogen) atoms. The molecule has 0 aliphatic carbocycles. The lowest BCUT2D eigenvalue weighted by Gasteiger charge is -2.31. The number of hydrogen-bond donors (Lipinski definition) is 2. The van der Waals surface area contributed by atoms with Gasteiger partial charge in [0.1, 0.15) is 5.75 Å². The van der Waals surface area contributed by atoms with Crippen molar-refractivity contribution in [3.63, 3.8) is 0 Å². The number of carbonyl (C=O) groups is 3. The van der Waals surface area contributed by atoms with Gasteiger partial charge in [-0.2, -0.15) is 0 Å². The molecule has 0 spiro atoms. The van der Waals surface area contributed by atoms with E-state index in [-0.39, 0.29) is 33.8 Å². The van der Waals surface area contributed by atoms with Gasteiger partial charge in [-0.3, -0.25) is 14.4 Å². The number of nitrogens with zero attached hydrogens (tertiary/aromatic N) is 3. The zero-order chi connectivity index (χ0) is 23.1. The molecule has 2 heterocycles. The van der Waals surface area contributed by atoms with Crippen LogP contribution >= 0.6 is 11.3 Å². The highest BCUT2D eigenvalue weighted by atomic mass is 32.1. The van der Waals surface area contributed by atoms with Crippen LogP contribution in [-0.4, -0.2) is 59.1 Å². The minimum Gasteiger partial charge on any atom is -0.497 e. The molecular weight excluding hydrogens is 430 g/mol. The molecule has 3 rings (SSSR count). The Bertz CT molecular complexity index is 938. The second-order valence-corrected chi connectivity index (χ2v) is 8.89. The molecule has 1 aromatic heterocycles. The Morgan fingerprint density at radius 1 is 1.16 bits per heavy atom. The van der Waals surface area contributed by atoms with E-state index in [1.807, 2.05) is 13.8 Å². The third-order valence-corrected chi connectivity index (χ3v) is 6.46. The van der Waals surface area contributed by atoms with E-state index in [4.69, 9.17) is 4.74 Å². The Morgan fingerprint density at radius 3 is 2.44 bits per heavy atom. The molecule has 172 valence electrons. The zero-order valence-corrected chi connectivity index (χ0v) is 19.4. The maximum absolute atomic E-state index is 12.8. The lowest BCUT2D eigenvalue weighted by atomic mass is 9.93. The summed E-state index contributed by atoms with van der Waals surface area (Å²) in [5.74, 6) is 0.377. The van der Waals surface area contributed by atoms with Gasteiger partial charge in [-0.25, -0.2) is 0 Å². The predicted molar refractivity (Wildman–Crippen MR) is 122 cm³/mol. The monoisotopic (exact) mass is 459 g/mol. The Labute approximate surface area is 191 Å².